The molecule has 5 nitrogen and oxygen atoms in total. The average molecular weight is 341 g/mol. The summed E-state index contributed by atoms with van der Waals surface area (Å²) in [5, 5.41) is 15.9. The second-order valence-corrected chi connectivity index (χ2v) is 6.29. The summed E-state index contributed by atoms with van der Waals surface area (Å²) in [4.78, 5) is 17.2. The van der Waals surface area contributed by atoms with Gasteiger partial charge >= 0.3 is 0 Å². The van der Waals surface area contributed by atoms with E-state index < -0.39 is 11.6 Å². The molecule has 0 radical (unpaired) electrons. The van der Waals surface area contributed by atoms with Crippen LogP contribution < -0.4 is 5.32 Å². The fraction of sp³-hybridized carbons (Fsp3) is 0.429. The fourth-order valence-electron chi connectivity index (χ4n) is 1.81. The summed E-state index contributed by atoms with van der Waals surface area (Å²) in [6.45, 7) is 3.36. The van der Waals surface area contributed by atoms with Crippen LogP contribution in [0.25, 0.3) is 0 Å². The normalized spacial score (nSPS) is 18.4. The smallest absolute Gasteiger partial charge is 0.264 e. The average Bonchev–Trinajstić information content (AvgIpc) is 2.88. The van der Waals surface area contributed by atoms with Crippen LogP contribution in [0.3, 0.4) is 0 Å². The predicted octanol–water partition coefficient (Wildman–Crippen LogP) is 1.83. The molecule has 1 aliphatic rings. The third kappa shape index (κ3) is 3.58. The van der Waals surface area contributed by atoms with E-state index in [9.17, 15) is 4.79 Å². The van der Waals surface area contributed by atoms with Crippen LogP contribution in [0.15, 0.2) is 33.9 Å². The zero-order valence-electron chi connectivity index (χ0n) is 11.4. The van der Waals surface area contributed by atoms with Gasteiger partial charge in [0, 0.05) is 16.5 Å². The molecule has 0 spiro atoms. The lowest BCUT2D eigenvalue weighted by Gasteiger charge is -2.24. The molecule has 0 saturated carbocycles. The van der Waals surface area contributed by atoms with Crippen LogP contribution in [0.1, 0.15) is 25.8 Å². The van der Waals surface area contributed by atoms with E-state index in [-0.39, 0.29) is 12.5 Å². The van der Waals surface area contributed by atoms with E-state index in [0.29, 0.717) is 6.42 Å². The second kappa shape index (κ2) is 5.93. The van der Waals surface area contributed by atoms with Crippen LogP contribution in [0, 0.1) is 0 Å². The fourth-order valence-corrected chi connectivity index (χ4v) is 2.21. The molecule has 1 aliphatic heterocycles. The Morgan fingerprint density at radius 3 is 3.00 bits per heavy atom. The van der Waals surface area contributed by atoms with Crippen molar-refractivity contribution in [2.45, 2.75) is 31.9 Å². The number of amides is 1. The molecule has 2 rings (SSSR count). The number of benzene rings is 1. The van der Waals surface area contributed by atoms with Gasteiger partial charge in [0.2, 0.25) is 6.10 Å². The van der Waals surface area contributed by atoms with E-state index >= 15 is 0 Å². The number of aliphatic hydroxyl groups excluding tert-OH is 1. The lowest BCUT2D eigenvalue weighted by atomic mass is 10.0. The van der Waals surface area contributed by atoms with Crippen LogP contribution in [-0.4, -0.2) is 35.0 Å². The number of hydrogen-bond donors (Lipinski definition) is 2. The molecule has 0 bridgehead atoms. The Kier molecular flexibility index (Phi) is 4.45. The Labute approximate surface area is 126 Å². The highest BCUT2D eigenvalue weighted by molar-refractivity contribution is 9.10. The largest absolute Gasteiger partial charge is 0.394 e. The Morgan fingerprint density at radius 2 is 2.35 bits per heavy atom. The molecular formula is C14H17BrN2O3. The van der Waals surface area contributed by atoms with Crippen molar-refractivity contribution in [2.24, 2.45) is 5.16 Å². The minimum atomic E-state index is -0.668. The standard InChI is InChI=1S/C14H17BrN2O3/c1-14(2,8-18)16-13(19)12-7-11(17-20-12)9-4-3-5-10(15)6-9/h3-6,12,18H,7-8H2,1-2H3,(H,16,19). The monoisotopic (exact) mass is 340 g/mol. The quantitative estimate of drug-likeness (QED) is 0.878. The van der Waals surface area contributed by atoms with Gasteiger partial charge in [-0.15, -0.1) is 0 Å². The van der Waals surface area contributed by atoms with E-state index in [0.717, 1.165) is 15.7 Å². The van der Waals surface area contributed by atoms with Crippen molar-refractivity contribution in [3.05, 3.63) is 34.3 Å². The number of nitrogens with one attached hydrogen (secondary N) is 1. The molecule has 1 aromatic carbocycles. The molecule has 108 valence electrons. The first-order chi connectivity index (χ1) is 9.41. The number of halogens is 1. The van der Waals surface area contributed by atoms with Crippen molar-refractivity contribution in [1.29, 1.82) is 0 Å². The van der Waals surface area contributed by atoms with E-state index in [1.54, 1.807) is 13.8 Å². The van der Waals surface area contributed by atoms with Gasteiger partial charge in [-0.1, -0.05) is 33.2 Å². The SMILES string of the molecule is CC(C)(CO)NC(=O)C1CC(c2cccc(Br)c2)=NO1. The highest BCUT2D eigenvalue weighted by Gasteiger charge is 2.32. The van der Waals surface area contributed by atoms with Gasteiger partial charge < -0.3 is 15.3 Å². The number of hydrogen-bond acceptors (Lipinski definition) is 4. The van der Waals surface area contributed by atoms with Gasteiger partial charge in [0.1, 0.15) is 0 Å². The van der Waals surface area contributed by atoms with E-state index in [2.05, 4.69) is 26.4 Å². The molecular weight excluding hydrogens is 324 g/mol. The molecule has 0 aliphatic carbocycles. The highest BCUT2D eigenvalue weighted by Crippen LogP contribution is 2.20. The van der Waals surface area contributed by atoms with Crippen LogP contribution >= 0.6 is 15.9 Å². The maximum absolute atomic E-state index is 12.0. The molecule has 0 aromatic heterocycles. The number of aliphatic hydroxyl groups is 1. The van der Waals surface area contributed by atoms with Crippen molar-refractivity contribution in [3.8, 4) is 0 Å². The van der Waals surface area contributed by atoms with Gasteiger partial charge in [0.05, 0.1) is 17.9 Å². The number of carbonyl (C=O) groups is 1. The number of rotatable bonds is 4. The molecule has 0 saturated heterocycles. The van der Waals surface area contributed by atoms with Crippen LogP contribution in [0.4, 0.5) is 0 Å². The maximum atomic E-state index is 12.0. The molecule has 1 heterocycles. The Balaban J connectivity index is 2.00. The van der Waals surface area contributed by atoms with E-state index in [1.165, 1.54) is 0 Å². The van der Waals surface area contributed by atoms with Crippen molar-refractivity contribution < 1.29 is 14.7 Å². The zero-order chi connectivity index (χ0) is 14.8. The zero-order valence-corrected chi connectivity index (χ0v) is 13.0. The minimum absolute atomic E-state index is 0.134. The molecule has 1 amide bonds. The molecule has 20 heavy (non-hydrogen) atoms. The summed E-state index contributed by atoms with van der Waals surface area (Å²) in [5.41, 5.74) is 1.00. The third-order valence-corrected chi connectivity index (χ3v) is 3.47. The summed E-state index contributed by atoms with van der Waals surface area (Å²) < 4.78 is 0.951. The van der Waals surface area contributed by atoms with E-state index in [4.69, 9.17) is 9.94 Å². The molecule has 6 heteroatoms. The minimum Gasteiger partial charge on any atom is -0.394 e. The van der Waals surface area contributed by atoms with Gasteiger partial charge in [0.15, 0.2) is 0 Å². The third-order valence-electron chi connectivity index (χ3n) is 2.98. The Morgan fingerprint density at radius 1 is 1.60 bits per heavy atom. The molecule has 0 fully saturated rings. The lowest BCUT2D eigenvalue weighted by Crippen LogP contribution is -2.50. The van der Waals surface area contributed by atoms with Crippen molar-refractivity contribution in [2.75, 3.05) is 6.61 Å². The highest BCUT2D eigenvalue weighted by atomic mass is 79.9. The van der Waals surface area contributed by atoms with Gasteiger partial charge in [-0.05, 0) is 26.0 Å². The summed E-state index contributed by atoms with van der Waals surface area (Å²) in [6.07, 6.45) is -0.223. The predicted molar refractivity (Wildman–Crippen MR) is 79.5 cm³/mol. The van der Waals surface area contributed by atoms with Gasteiger partial charge in [-0.2, -0.15) is 0 Å². The molecule has 2 N–H and O–H groups in total. The van der Waals surface area contributed by atoms with Gasteiger partial charge in [-0.3, -0.25) is 4.79 Å². The second-order valence-electron chi connectivity index (χ2n) is 5.38. The van der Waals surface area contributed by atoms with Gasteiger partial charge in [0.25, 0.3) is 5.91 Å². The molecule has 1 unspecified atom stereocenters. The van der Waals surface area contributed by atoms with Gasteiger partial charge in [-0.25, -0.2) is 0 Å². The molecule has 1 atom stereocenters. The van der Waals surface area contributed by atoms with Crippen LogP contribution in [-0.2, 0) is 9.63 Å². The van der Waals surface area contributed by atoms with Crippen molar-refractivity contribution >= 4 is 27.5 Å². The summed E-state index contributed by atoms with van der Waals surface area (Å²) >= 11 is 3.40. The first kappa shape index (κ1) is 15.0. The van der Waals surface area contributed by atoms with Crippen LogP contribution in [0.5, 0.6) is 0 Å². The topological polar surface area (TPSA) is 70.9 Å². The molecule has 1 aromatic rings. The number of carbonyl (C=O) groups excluding carboxylic acids is 1. The summed E-state index contributed by atoms with van der Waals surface area (Å²) in [6, 6.07) is 7.68. The van der Waals surface area contributed by atoms with Crippen molar-refractivity contribution in [1.82, 2.24) is 5.32 Å². The van der Waals surface area contributed by atoms with Crippen LogP contribution in [0.2, 0.25) is 0 Å². The number of oxime groups is 1. The maximum Gasteiger partial charge on any atom is 0.264 e. The van der Waals surface area contributed by atoms with E-state index in [1.807, 2.05) is 24.3 Å². The lowest BCUT2D eigenvalue weighted by molar-refractivity contribution is -0.133. The number of nitrogens with zero attached hydrogens (tertiary/aromatic N) is 1. The Hall–Kier alpha value is -1.40. The van der Waals surface area contributed by atoms with Crippen molar-refractivity contribution in [3.63, 3.8) is 0 Å². The Bertz CT molecular complexity index is 543. The first-order valence-electron chi connectivity index (χ1n) is 6.33. The summed E-state index contributed by atoms with van der Waals surface area (Å²) in [5.74, 6) is -0.266. The summed E-state index contributed by atoms with van der Waals surface area (Å²) in [7, 11) is 0. The first-order valence-corrected chi connectivity index (χ1v) is 7.12.